The van der Waals surface area contributed by atoms with Crippen molar-refractivity contribution in [3.63, 3.8) is 0 Å². The normalized spacial score (nSPS) is 28.7. The summed E-state index contributed by atoms with van der Waals surface area (Å²) in [6, 6.07) is 0. The van der Waals surface area contributed by atoms with Crippen LogP contribution in [0.15, 0.2) is 0 Å². The van der Waals surface area contributed by atoms with E-state index in [1.807, 2.05) is 11.8 Å². The van der Waals surface area contributed by atoms with Gasteiger partial charge in [-0.2, -0.15) is 11.8 Å². The Bertz CT molecular complexity index is 259. The maximum absolute atomic E-state index is 10.4. The Morgan fingerprint density at radius 1 is 1.21 bits per heavy atom. The maximum atomic E-state index is 10.4. The Hall–Kier alpha value is 0.230. The van der Waals surface area contributed by atoms with Crippen molar-refractivity contribution in [2.75, 3.05) is 31.3 Å². The van der Waals surface area contributed by atoms with Gasteiger partial charge in [0.2, 0.25) is 0 Å². The van der Waals surface area contributed by atoms with Crippen molar-refractivity contribution < 1.29 is 14.6 Å². The van der Waals surface area contributed by atoms with E-state index in [1.54, 1.807) is 0 Å². The van der Waals surface area contributed by atoms with Crippen LogP contribution in [0.5, 0.6) is 0 Å². The van der Waals surface area contributed by atoms with E-state index in [0.29, 0.717) is 11.8 Å². The zero-order valence-corrected chi connectivity index (χ0v) is 13.1. The van der Waals surface area contributed by atoms with Gasteiger partial charge in [-0.15, -0.1) is 0 Å². The summed E-state index contributed by atoms with van der Waals surface area (Å²) in [6.07, 6.45) is 3.84. The van der Waals surface area contributed by atoms with Gasteiger partial charge in [-0.25, -0.2) is 0 Å². The highest BCUT2D eigenvalue weighted by atomic mass is 32.2. The van der Waals surface area contributed by atoms with Crippen molar-refractivity contribution in [2.24, 2.45) is 11.8 Å². The average molecular weight is 288 g/mol. The molecule has 1 spiro atoms. The van der Waals surface area contributed by atoms with Crippen LogP contribution < -0.4 is 0 Å². The maximum Gasteiger partial charge on any atom is 0.0730 e. The van der Waals surface area contributed by atoms with Crippen LogP contribution in [0.2, 0.25) is 0 Å². The number of thioether (sulfide) groups is 1. The second-order valence-electron chi connectivity index (χ2n) is 6.40. The van der Waals surface area contributed by atoms with Gasteiger partial charge in [0.15, 0.2) is 0 Å². The SMILES string of the molecule is CC(C)CSCC(O)C1CCOC2(CCOCC2)C1. The van der Waals surface area contributed by atoms with Gasteiger partial charge >= 0.3 is 0 Å². The molecule has 2 atom stereocenters. The summed E-state index contributed by atoms with van der Waals surface area (Å²) in [5, 5.41) is 10.4. The number of aliphatic hydroxyl groups is 1. The molecule has 3 nitrogen and oxygen atoms in total. The number of ether oxygens (including phenoxy) is 2. The van der Waals surface area contributed by atoms with Gasteiger partial charge in [0.05, 0.1) is 11.7 Å². The first-order valence-electron chi connectivity index (χ1n) is 7.59. The minimum Gasteiger partial charge on any atom is -0.392 e. The summed E-state index contributed by atoms with van der Waals surface area (Å²) in [6.45, 7) is 6.88. The summed E-state index contributed by atoms with van der Waals surface area (Å²) in [4.78, 5) is 0. The quantitative estimate of drug-likeness (QED) is 0.844. The summed E-state index contributed by atoms with van der Waals surface area (Å²) >= 11 is 1.88. The molecule has 2 unspecified atom stereocenters. The molecular formula is C15H28O3S. The van der Waals surface area contributed by atoms with Gasteiger partial charge in [-0.3, -0.25) is 0 Å². The van der Waals surface area contributed by atoms with E-state index in [0.717, 1.165) is 57.0 Å². The third-order valence-corrected chi connectivity index (χ3v) is 5.70. The molecule has 2 aliphatic heterocycles. The number of rotatable bonds is 5. The molecule has 0 bridgehead atoms. The first kappa shape index (κ1) is 15.6. The fourth-order valence-corrected chi connectivity index (χ4v) is 4.17. The number of hydrogen-bond donors (Lipinski definition) is 1. The Morgan fingerprint density at radius 2 is 1.95 bits per heavy atom. The third-order valence-electron chi connectivity index (χ3n) is 4.22. The lowest BCUT2D eigenvalue weighted by atomic mass is 9.79. The van der Waals surface area contributed by atoms with Crippen molar-refractivity contribution >= 4 is 11.8 Å². The van der Waals surface area contributed by atoms with Crippen LogP contribution in [0.4, 0.5) is 0 Å². The Kier molecular flexibility index (Phi) is 6.00. The highest BCUT2D eigenvalue weighted by Crippen LogP contribution is 2.38. The van der Waals surface area contributed by atoms with E-state index >= 15 is 0 Å². The van der Waals surface area contributed by atoms with Gasteiger partial charge in [-0.05, 0) is 43.3 Å². The lowest BCUT2D eigenvalue weighted by Gasteiger charge is -2.44. The van der Waals surface area contributed by atoms with E-state index in [4.69, 9.17) is 9.47 Å². The molecule has 0 saturated carbocycles. The molecule has 0 aromatic carbocycles. The second-order valence-corrected chi connectivity index (χ2v) is 7.47. The van der Waals surface area contributed by atoms with E-state index in [-0.39, 0.29) is 11.7 Å². The van der Waals surface area contributed by atoms with Crippen molar-refractivity contribution in [1.29, 1.82) is 0 Å². The van der Waals surface area contributed by atoms with Gasteiger partial charge in [-0.1, -0.05) is 13.8 Å². The first-order valence-corrected chi connectivity index (χ1v) is 8.74. The van der Waals surface area contributed by atoms with Crippen LogP contribution in [0.3, 0.4) is 0 Å². The van der Waals surface area contributed by atoms with Gasteiger partial charge in [0.25, 0.3) is 0 Å². The third kappa shape index (κ3) is 4.62. The summed E-state index contributed by atoms with van der Waals surface area (Å²) in [5.41, 5.74) is 0.00482. The average Bonchev–Trinajstić information content (AvgIpc) is 2.39. The monoisotopic (exact) mass is 288 g/mol. The van der Waals surface area contributed by atoms with Gasteiger partial charge in [0.1, 0.15) is 0 Å². The molecule has 19 heavy (non-hydrogen) atoms. The largest absolute Gasteiger partial charge is 0.392 e. The lowest BCUT2D eigenvalue weighted by molar-refractivity contribution is -0.156. The van der Waals surface area contributed by atoms with Crippen molar-refractivity contribution in [1.82, 2.24) is 0 Å². The predicted octanol–water partition coefficient (Wildman–Crippen LogP) is 2.71. The molecule has 112 valence electrons. The van der Waals surface area contributed by atoms with Gasteiger partial charge < -0.3 is 14.6 Å². The molecule has 2 saturated heterocycles. The molecule has 1 N–H and O–H groups in total. The molecular weight excluding hydrogens is 260 g/mol. The molecule has 0 radical (unpaired) electrons. The topological polar surface area (TPSA) is 38.7 Å². The van der Waals surface area contributed by atoms with Crippen molar-refractivity contribution in [3.05, 3.63) is 0 Å². The van der Waals surface area contributed by atoms with Crippen LogP contribution >= 0.6 is 11.8 Å². The second kappa shape index (κ2) is 7.30. The van der Waals surface area contributed by atoms with E-state index in [9.17, 15) is 5.11 Å². The molecule has 2 fully saturated rings. The van der Waals surface area contributed by atoms with Crippen molar-refractivity contribution in [2.45, 2.75) is 51.2 Å². The van der Waals surface area contributed by atoms with Crippen LogP contribution in [0.1, 0.15) is 39.5 Å². The highest BCUT2D eigenvalue weighted by molar-refractivity contribution is 7.99. The molecule has 4 heteroatoms. The molecule has 2 rings (SSSR count). The molecule has 2 aliphatic rings. The van der Waals surface area contributed by atoms with Crippen LogP contribution in [0, 0.1) is 11.8 Å². The number of aliphatic hydroxyl groups excluding tert-OH is 1. The molecule has 0 amide bonds. The summed E-state index contributed by atoms with van der Waals surface area (Å²) < 4.78 is 11.5. The van der Waals surface area contributed by atoms with E-state index < -0.39 is 0 Å². The van der Waals surface area contributed by atoms with Gasteiger partial charge in [0, 0.05) is 25.6 Å². The smallest absolute Gasteiger partial charge is 0.0730 e. The van der Waals surface area contributed by atoms with Crippen molar-refractivity contribution in [3.8, 4) is 0 Å². The van der Waals surface area contributed by atoms with Crippen LogP contribution in [0.25, 0.3) is 0 Å². The highest BCUT2D eigenvalue weighted by Gasteiger charge is 2.40. The Morgan fingerprint density at radius 3 is 2.63 bits per heavy atom. The predicted molar refractivity (Wildman–Crippen MR) is 79.6 cm³/mol. The molecule has 0 aromatic rings. The lowest BCUT2D eigenvalue weighted by Crippen LogP contribution is -2.47. The molecule has 2 heterocycles. The van der Waals surface area contributed by atoms with Crippen LogP contribution in [-0.2, 0) is 9.47 Å². The fraction of sp³-hybridized carbons (Fsp3) is 1.00. The zero-order valence-electron chi connectivity index (χ0n) is 12.3. The summed E-state index contributed by atoms with van der Waals surface area (Å²) in [5.74, 6) is 3.12. The Labute approximate surface area is 121 Å². The minimum atomic E-state index is -0.174. The number of hydrogen-bond acceptors (Lipinski definition) is 4. The zero-order chi connectivity index (χ0) is 13.7. The molecule has 0 aliphatic carbocycles. The standard InChI is InChI=1S/C15H28O3S/c1-12(2)10-19-11-14(16)13-3-6-18-15(9-13)4-7-17-8-5-15/h12-14,16H,3-11H2,1-2H3. The van der Waals surface area contributed by atoms with E-state index in [1.165, 1.54) is 0 Å². The fourth-order valence-electron chi connectivity index (χ4n) is 3.05. The summed E-state index contributed by atoms with van der Waals surface area (Å²) in [7, 11) is 0. The Balaban J connectivity index is 1.79. The van der Waals surface area contributed by atoms with Crippen LogP contribution in [-0.4, -0.2) is 48.1 Å². The molecule has 0 aromatic heterocycles. The first-order chi connectivity index (χ1) is 9.11. The minimum absolute atomic E-state index is 0.00482. The van der Waals surface area contributed by atoms with E-state index in [2.05, 4.69) is 13.8 Å².